The highest BCUT2D eigenvalue weighted by molar-refractivity contribution is 5.83. The minimum atomic E-state index is -1.21. The summed E-state index contributed by atoms with van der Waals surface area (Å²) < 4.78 is 0. The first-order valence-corrected chi connectivity index (χ1v) is 8.71. The maximum atomic E-state index is 10.2. The van der Waals surface area contributed by atoms with Gasteiger partial charge in [-0.25, -0.2) is 0 Å². The zero-order chi connectivity index (χ0) is 25.1. The number of aliphatic carboxylic acids is 3. The predicted molar refractivity (Wildman–Crippen MR) is 108 cm³/mol. The minimum Gasteiger partial charge on any atom is -0.480 e. The van der Waals surface area contributed by atoms with E-state index < -0.39 is 47.8 Å². The van der Waals surface area contributed by atoms with Gasteiger partial charge in [0.25, 0.3) is 0 Å². The third kappa shape index (κ3) is 26.5. The van der Waals surface area contributed by atoms with E-state index in [0.717, 1.165) is 0 Å². The van der Waals surface area contributed by atoms with Crippen LogP contribution in [0.1, 0.15) is 32.1 Å². The van der Waals surface area contributed by atoms with Crippen molar-refractivity contribution in [3.63, 3.8) is 0 Å². The molecule has 0 aliphatic heterocycles. The van der Waals surface area contributed by atoms with Crippen LogP contribution in [0.4, 0.5) is 0 Å². The molecule has 0 aromatic carbocycles. The van der Waals surface area contributed by atoms with E-state index in [1.165, 1.54) is 0 Å². The number of nitrogens with one attached hydrogen (secondary N) is 2. The molecule has 16 heteroatoms. The fraction of sp³-hybridized carbons (Fsp3) is 0.600. The Hall–Kier alpha value is -3.50. The molecule has 3 atom stereocenters. The van der Waals surface area contributed by atoms with Crippen molar-refractivity contribution in [2.24, 2.45) is 34.4 Å². The predicted octanol–water partition coefficient (Wildman–Crippen LogP) is -4.40. The molecule has 31 heavy (non-hydrogen) atoms. The SMILES string of the molecule is N=C(N)NCCC[C@H](N)C(=O)O.NC(=O)CC[C@H](N)C(=O)O.NC(=O)C[C@H](N)C(=O)O. The fourth-order valence-corrected chi connectivity index (χ4v) is 1.39. The van der Waals surface area contributed by atoms with Gasteiger partial charge < -0.3 is 55.0 Å². The Balaban J connectivity index is -0.000000384. The third-order valence-electron chi connectivity index (χ3n) is 3.08. The number of carbonyl (C=O) groups excluding carboxylic acids is 2. The van der Waals surface area contributed by atoms with Gasteiger partial charge in [-0.1, -0.05) is 0 Å². The van der Waals surface area contributed by atoms with Gasteiger partial charge in [-0.3, -0.25) is 29.4 Å². The van der Waals surface area contributed by atoms with E-state index in [1.807, 2.05) is 0 Å². The van der Waals surface area contributed by atoms with Gasteiger partial charge in [-0.2, -0.15) is 0 Å². The van der Waals surface area contributed by atoms with E-state index in [9.17, 15) is 24.0 Å². The second-order valence-electron chi connectivity index (χ2n) is 5.99. The molecule has 0 radical (unpaired) electrons. The maximum Gasteiger partial charge on any atom is 0.321 e. The van der Waals surface area contributed by atoms with Crippen LogP contribution in [0.15, 0.2) is 0 Å². The van der Waals surface area contributed by atoms with Crippen molar-refractivity contribution in [3.05, 3.63) is 0 Å². The summed E-state index contributed by atoms with van der Waals surface area (Å²) in [6.45, 7) is 0.482. The molecule has 0 bridgehead atoms. The van der Waals surface area contributed by atoms with Crippen molar-refractivity contribution in [2.45, 2.75) is 50.2 Å². The van der Waals surface area contributed by atoms with Crippen LogP contribution in [0.2, 0.25) is 0 Å². The lowest BCUT2D eigenvalue weighted by atomic mass is 10.2. The number of nitrogens with two attached hydrogens (primary N) is 6. The van der Waals surface area contributed by atoms with E-state index in [2.05, 4.69) is 11.1 Å². The Labute approximate surface area is 177 Å². The second kappa shape index (κ2) is 18.5. The summed E-state index contributed by atoms with van der Waals surface area (Å²) in [5.41, 5.74) is 29.6. The van der Waals surface area contributed by atoms with Gasteiger partial charge >= 0.3 is 17.9 Å². The topological polar surface area (TPSA) is 338 Å². The van der Waals surface area contributed by atoms with Crippen molar-refractivity contribution in [3.8, 4) is 0 Å². The average Bonchev–Trinajstić information content (AvgIpc) is 2.63. The number of amides is 2. The van der Waals surface area contributed by atoms with Crippen LogP contribution in [0.5, 0.6) is 0 Å². The standard InChI is InChI=1S/C6H14N4O2.C5H10N2O3.C4H8N2O3/c7-4(5(11)12)2-1-3-10-6(8)9;6-3(5(9)10)1-2-4(7)8;5-2(4(8)9)1-3(6)7/h4H,1-3,7H2,(H,11,12)(H4,8,9,10);3H,1-2,6H2,(H2,7,8)(H,9,10);2H,1,5H2,(H2,6,7)(H,8,9)/t4-;3-;2-/m000/s1. The molecule has 180 valence electrons. The highest BCUT2D eigenvalue weighted by Gasteiger charge is 2.13. The first kappa shape index (κ1) is 32.2. The summed E-state index contributed by atoms with van der Waals surface area (Å²) >= 11 is 0. The molecular formula is C15H32N8O8. The van der Waals surface area contributed by atoms with Crippen LogP contribution in [-0.2, 0) is 24.0 Å². The van der Waals surface area contributed by atoms with Crippen molar-refractivity contribution >= 4 is 35.7 Å². The van der Waals surface area contributed by atoms with Gasteiger partial charge in [-0.15, -0.1) is 0 Å². The molecule has 0 heterocycles. The van der Waals surface area contributed by atoms with Crippen LogP contribution in [0.25, 0.3) is 0 Å². The summed E-state index contributed by atoms with van der Waals surface area (Å²) in [6, 6.07) is -2.96. The van der Waals surface area contributed by atoms with Crippen LogP contribution in [0, 0.1) is 5.41 Å². The average molecular weight is 452 g/mol. The number of carbonyl (C=O) groups is 5. The zero-order valence-electron chi connectivity index (χ0n) is 16.8. The number of hydrogen-bond donors (Lipinski definition) is 11. The van der Waals surface area contributed by atoms with Gasteiger partial charge in [0.15, 0.2) is 5.96 Å². The molecule has 0 fully saturated rings. The van der Waals surface area contributed by atoms with Crippen LogP contribution < -0.4 is 39.7 Å². The van der Waals surface area contributed by atoms with Crippen LogP contribution in [-0.4, -0.2) is 75.7 Å². The molecule has 0 aliphatic rings. The summed E-state index contributed by atoms with van der Waals surface area (Å²) in [7, 11) is 0. The quantitative estimate of drug-likeness (QED) is 0.0757. The Kier molecular flexibility index (Phi) is 19.2. The number of hydrogen-bond acceptors (Lipinski definition) is 9. The normalized spacial score (nSPS) is 12.4. The van der Waals surface area contributed by atoms with Crippen LogP contribution >= 0.6 is 0 Å². The largest absolute Gasteiger partial charge is 0.480 e. The first-order chi connectivity index (χ1) is 14.1. The molecule has 0 spiro atoms. The monoisotopic (exact) mass is 452 g/mol. The molecule has 0 aliphatic carbocycles. The number of primary amides is 2. The van der Waals surface area contributed by atoms with Gasteiger partial charge in [0.05, 0.1) is 6.42 Å². The van der Waals surface area contributed by atoms with E-state index in [4.69, 9.17) is 49.4 Å². The summed E-state index contributed by atoms with van der Waals surface area (Å²) in [5.74, 6) is -4.67. The summed E-state index contributed by atoms with van der Waals surface area (Å²) in [4.78, 5) is 50.2. The number of carboxylic acid groups (broad SMARTS) is 3. The van der Waals surface area contributed by atoms with E-state index >= 15 is 0 Å². The van der Waals surface area contributed by atoms with Crippen molar-refractivity contribution in [1.82, 2.24) is 5.32 Å². The Bertz CT molecular complexity index is 616. The molecule has 0 saturated heterocycles. The highest BCUT2D eigenvalue weighted by atomic mass is 16.4. The van der Waals surface area contributed by atoms with Crippen LogP contribution in [0.3, 0.4) is 0 Å². The molecule has 2 amide bonds. The zero-order valence-corrected chi connectivity index (χ0v) is 16.8. The Morgan fingerprint density at radius 3 is 1.45 bits per heavy atom. The number of rotatable bonds is 12. The second-order valence-corrected chi connectivity index (χ2v) is 5.99. The molecule has 0 rings (SSSR count). The minimum absolute atomic E-state index is 0.0213. The van der Waals surface area contributed by atoms with E-state index in [1.54, 1.807) is 0 Å². The maximum absolute atomic E-state index is 10.2. The van der Waals surface area contributed by atoms with Crippen molar-refractivity contribution < 1.29 is 39.3 Å². The smallest absolute Gasteiger partial charge is 0.321 e. The van der Waals surface area contributed by atoms with Gasteiger partial charge in [0.2, 0.25) is 11.8 Å². The summed E-state index contributed by atoms with van der Waals surface area (Å²) in [5, 5.41) is 34.0. The molecule has 0 saturated carbocycles. The summed E-state index contributed by atoms with van der Waals surface area (Å²) in [6.07, 6.45) is 0.788. The molecule has 0 unspecified atom stereocenters. The van der Waals surface area contributed by atoms with Crippen molar-refractivity contribution in [1.29, 1.82) is 5.41 Å². The molecule has 0 aromatic rings. The van der Waals surface area contributed by atoms with Gasteiger partial charge in [0.1, 0.15) is 18.1 Å². The highest BCUT2D eigenvalue weighted by Crippen LogP contribution is 1.93. The number of guanidine groups is 1. The lowest BCUT2D eigenvalue weighted by molar-refractivity contribution is -0.140. The Morgan fingerprint density at radius 2 is 1.16 bits per heavy atom. The third-order valence-corrected chi connectivity index (χ3v) is 3.08. The van der Waals surface area contributed by atoms with Crippen molar-refractivity contribution in [2.75, 3.05) is 6.54 Å². The lowest BCUT2D eigenvalue weighted by Gasteiger charge is -2.06. The molecular weight excluding hydrogens is 420 g/mol. The van der Waals surface area contributed by atoms with E-state index in [0.29, 0.717) is 19.4 Å². The first-order valence-electron chi connectivity index (χ1n) is 8.71. The van der Waals surface area contributed by atoms with E-state index in [-0.39, 0.29) is 25.2 Å². The molecule has 16 nitrogen and oxygen atoms in total. The fourth-order valence-electron chi connectivity index (χ4n) is 1.39. The van der Waals surface area contributed by atoms with Gasteiger partial charge in [0, 0.05) is 13.0 Å². The molecule has 17 N–H and O–H groups in total. The Morgan fingerprint density at radius 1 is 0.742 bits per heavy atom. The molecule has 0 aromatic heterocycles. The lowest BCUT2D eigenvalue weighted by Crippen LogP contribution is -2.34. The van der Waals surface area contributed by atoms with Gasteiger partial charge in [-0.05, 0) is 19.3 Å². The number of carboxylic acids is 3.